The molecule has 0 radical (unpaired) electrons. The number of hydrogen-bond acceptors (Lipinski definition) is 6. The highest BCUT2D eigenvalue weighted by Crippen LogP contribution is 2.29. The van der Waals surface area contributed by atoms with Gasteiger partial charge in [0.2, 0.25) is 12.1 Å². The number of carbonyl (C=O) groups is 2. The number of para-hydroxylation sites is 1. The monoisotopic (exact) mass is 449 g/mol. The first-order valence-corrected chi connectivity index (χ1v) is 11.5. The van der Waals surface area contributed by atoms with Crippen molar-refractivity contribution in [3.63, 3.8) is 0 Å². The van der Waals surface area contributed by atoms with Crippen molar-refractivity contribution in [1.82, 2.24) is 10.3 Å². The van der Waals surface area contributed by atoms with E-state index in [1.807, 2.05) is 76.4 Å². The highest BCUT2D eigenvalue weighted by atomic mass is 32.2. The van der Waals surface area contributed by atoms with Crippen LogP contribution >= 0.6 is 11.8 Å². The van der Waals surface area contributed by atoms with Gasteiger partial charge in [-0.1, -0.05) is 43.0 Å². The summed E-state index contributed by atoms with van der Waals surface area (Å²) in [6, 6.07) is 13.6. The fourth-order valence-electron chi connectivity index (χ4n) is 3.57. The molecule has 0 fully saturated rings. The van der Waals surface area contributed by atoms with E-state index >= 15 is 0 Å². The minimum Gasteiger partial charge on any atom is -0.325 e. The number of fused-ring (bicyclic) bond motifs is 1. The van der Waals surface area contributed by atoms with Gasteiger partial charge in [-0.15, -0.1) is 0 Å². The number of nitrogens with zero attached hydrogens (tertiary/aromatic N) is 3. The molecule has 8 heteroatoms. The van der Waals surface area contributed by atoms with Crippen molar-refractivity contribution in [1.29, 1.82) is 0 Å². The van der Waals surface area contributed by atoms with Crippen molar-refractivity contribution in [2.75, 3.05) is 10.2 Å². The molecule has 0 spiro atoms. The molecule has 2 aliphatic rings. The average molecular weight is 450 g/mol. The van der Waals surface area contributed by atoms with E-state index in [4.69, 9.17) is 0 Å². The number of amidine groups is 1. The summed E-state index contributed by atoms with van der Waals surface area (Å²) in [4.78, 5) is 29.4. The summed E-state index contributed by atoms with van der Waals surface area (Å²) in [6.45, 7) is 8.00. The first-order valence-electron chi connectivity index (χ1n) is 10.6. The quantitative estimate of drug-likeness (QED) is 0.719. The van der Waals surface area contributed by atoms with Gasteiger partial charge in [0.15, 0.2) is 5.17 Å². The molecule has 2 unspecified atom stereocenters. The van der Waals surface area contributed by atoms with Gasteiger partial charge in [0.05, 0.1) is 5.25 Å². The lowest BCUT2D eigenvalue weighted by atomic mass is 10.1. The number of rotatable bonds is 5. The fraction of sp³-hybridized carbons (Fsp3) is 0.292. The van der Waals surface area contributed by atoms with Crippen LogP contribution in [0.2, 0.25) is 0 Å². The van der Waals surface area contributed by atoms with Crippen molar-refractivity contribution in [3.05, 3.63) is 71.6 Å². The summed E-state index contributed by atoms with van der Waals surface area (Å²) < 4.78 is 0. The molecule has 2 heterocycles. The van der Waals surface area contributed by atoms with Gasteiger partial charge in [0.1, 0.15) is 0 Å². The predicted molar refractivity (Wildman–Crippen MR) is 130 cm³/mol. The van der Waals surface area contributed by atoms with Crippen LogP contribution in [0.4, 0.5) is 11.4 Å². The Balaban J connectivity index is 1.47. The van der Waals surface area contributed by atoms with Gasteiger partial charge in [-0.2, -0.15) is 5.10 Å². The summed E-state index contributed by atoms with van der Waals surface area (Å²) in [6.07, 6.45) is 3.59. The normalized spacial score (nSPS) is 18.2. The van der Waals surface area contributed by atoms with Crippen LogP contribution in [0.3, 0.4) is 0 Å². The van der Waals surface area contributed by atoms with Crippen LogP contribution in [0.1, 0.15) is 30.0 Å². The number of anilines is 2. The number of nitrogens with one attached hydrogen (secondary N) is 2. The minimum absolute atomic E-state index is 0.0815. The number of carbonyl (C=O) groups excluding carboxylic acids is 2. The molecule has 2 amide bonds. The summed E-state index contributed by atoms with van der Waals surface area (Å²) in [5, 5.41) is 7.63. The van der Waals surface area contributed by atoms with E-state index in [0.717, 1.165) is 22.5 Å². The van der Waals surface area contributed by atoms with E-state index in [9.17, 15) is 9.59 Å². The Morgan fingerprint density at radius 2 is 1.91 bits per heavy atom. The Kier molecular flexibility index (Phi) is 6.23. The Labute approximate surface area is 192 Å². The van der Waals surface area contributed by atoms with Gasteiger partial charge in [0, 0.05) is 23.8 Å². The van der Waals surface area contributed by atoms with Crippen LogP contribution in [0.25, 0.3) is 0 Å². The molecular weight excluding hydrogens is 422 g/mol. The van der Waals surface area contributed by atoms with E-state index in [1.165, 1.54) is 17.3 Å². The summed E-state index contributed by atoms with van der Waals surface area (Å²) in [5.74, 6) is -0.200. The molecule has 2 atom stereocenters. The molecule has 0 saturated carbocycles. The van der Waals surface area contributed by atoms with Crippen LogP contribution in [-0.2, 0) is 9.59 Å². The maximum Gasteiger partial charge on any atom is 0.276 e. The number of hydrogen-bond donors (Lipinski definition) is 2. The first kappa shape index (κ1) is 22.0. The first-order chi connectivity index (χ1) is 15.4. The van der Waals surface area contributed by atoms with Gasteiger partial charge >= 0.3 is 0 Å². The zero-order valence-corrected chi connectivity index (χ0v) is 19.4. The van der Waals surface area contributed by atoms with Crippen molar-refractivity contribution in [2.24, 2.45) is 5.10 Å². The SMILES string of the molecule is CCC(SC1=NNC2C(=O)N(c3ccc(C)c(C)c3)C=CN12)C(=O)Nc1ccccc1C. The topological polar surface area (TPSA) is 77.0 Å². The lowest BCUT2D eigenvalue weighted by molar-refractivity contribution is -0.122. The number of benzene rings is 2. The zero-order valence-electron chi connectivity index (χ0n) is 18.6. The van der Waals surface area contributed by atoms with Gasteiger partial charge in [-0.3, -0.25) is 24.8 Å². The second-order valence-corrected chi connectivity index (χ2v) is 9.10. The highest BCUT2D eigenvalue weighted by Gasteiger charge is 2.39. The number of hydrazone groups is 1. The molecule has 0 aromatic heterocycles. The summed E-state index contributed by atoms with van der Waals surface area (Å²) in [5.41, 5.74) is 7.87. The third-order valence-corrected chi connectivity index (χ3v) is 7.06. The Morgan fingerprint density at radius 3 is 2.62 bits per heavy atom. The number of thioether (sulfide) groups is 1. The summed E-state index contributed by atoms with van der Waals surface area (Å²) >= 11 is 1.35. The molecule has 4 rings (SSSR count). The molecule has 2 N–H and O–H groups in total. The van der Waals surface area contributed by atoms with Crippen molar-refractivity contribution >= 4 is 40.1 Å². The maximum atomic E-state index is 13.1. The van der Waals surface area contributed by atoms with Crippen molar-refractivity contribution in [3.8, 4) is 0 Å². The molecule has 0 saturated heterocycles. The van der Waals surface area contributed by atoms with Gasteiger partial charge in [0.25, 0.3) is 5.91 Å². The third-order valence-electron chi connectivity index (χ3n) is 5.71. The molecular formula is C24H27N5O2S. The number of amides is 2. The van der Waals surface area contributed by atoms with E-state index in [-0.39, 0.29) is 17.1 Å². The lowest BCUT2D eigenvalue weighted by Gasteiger charge is -2.32. The van der Waals surface area contributed by atoms with E-state index in [2.05, 4.69) is 15.8 Å². The van der Waals surface area contributed by atoms with Crippen LogP contribution in [0, 0.1) is 20.8 Å². The Morgan fingerprint density at radius 1 is 1.12 bits per heavy atom. The van der Waals surface area contributed by atoms with Gasteiger partial charge < -0.3 is 5.32 Å². The summed E-state index contributed by atoms with van der Waals surface area (Å²) in [7, 11) is 0. The van der Waals surface area contributed by atoms with Gasteiger partial charge in [-0.25, -0.2) is 0 Å². The molecule has 0 aliphatic carbocycles. The smallest absolute Gasteiger partial charge is 0.276 e. The van der Waals surface area contributed by atoms with Crippen LogP contribution in [0.5, 0.6) is 0 Å². The molecule has 166 valence electrons. The lowest BCUT2D eigenvalue weighted by Crippen LogP contribution is -2.52. The van der Waals surface area contributed by atoms with Crippen molar-refractivity contribution < 1.29 is 9.59 Å². The molecule has 2 aromatic rings. The van der Waals surface area contributed by atoms with Crippen molar-refractivity contribution in [2.45, 2.75) is 45.5 Å². The largest absolute Gasteiger partial charge is 0.325 e. The number of aryl methyl sites for hydroxylation is 3. The molecule has 7 nitrogen and oxygen atoms in total. The van der Waals surface area contributed by atoms with Crippen LogP contribution in [-0.4, -0.2) is 33.3 Å². The third kappa shape index (κ3) is 4.23. The van der Waals surface area contributed by atoms with Crippen LogP contribution in [0.15, 0.2) is 60.0 Å². The molecule has 32 heavy (non-hydrogen) atoms. The molecule has 2 aromatic carbocycles. The predicted octanol–water partition coefficient (Wildman–Crippen LogP) is 4.08. The Bertz CT molecular complexity index is 1110. The maximum absolute atomic E-state index is 13.1. The standard InChI is InChI=1S/C24H27N5O2S/c1-5-20(22(30)25-19-9-7-6-8-16(19)3)32-24-27-26-21-23(31)28(12-13-29(21)24)18-11-10-15(2)17(4)14-18/h6-14,20-21,26H,5H2,1-4H3,(H,25,30). The molecule has 2 aliphatic heterocycles. The van der Waals surface area contributed by atoms with E-state index < -0.39 is 6.17 Å². The average Bonchev–Trinajstić information content (AvgIpc) is 3.19. The minimum atomic E-state index is -0.624. The van der Waals surface area contributed by atoms with E-state index in [0.29, 0.717) is 11.6 Å². The fourth-order valence-corrected chi connectivity index (χ4v) is 4.55. The second-order valence-electron chi connectivity index (χ2n) is 7.93. The highest BCUT2D eigenvalue weighted by molar-refractivity contribution is 8.14. The zero-order chi connectivity index (χ0) is 22.8. The van der Waals surface area contributed by atoms with Gasteiger partial charge in [-0.05, 0) is 62.1 Å². The van der Waals surface area contributed by atoms with E-state index in [1.54, 1.807) is 16.0 Å². The molecule has 0 bridgehead atoms. The van der Waals surface area contributed by atoms with Crippen LogP contribution < -0.4 is 15.6 Å². The second kappa shape index (κ2) is 9.08. The Hall–Kier alpha value is -3.26.